The highest BCUT2D eigenvalue weighted by Crippen LogP contribution is 2.29. The summed E-state index contributed by atoms with van der Waals surface area (Å²) in [5.74, 6) is 1.28. The van der Waals surface area contributed by atoms with Crippen LogP contribution in [0, 0.1) is 5.82 Å². The Labute approximate surface area is 140 Å². The lowest BCUT2D eigenvalue weighted by atomic mass is 10.2. The van der Waals surface area contributed by atoms with Gasteiger partial charge in [0.25, 0.3) is 0 Å². The van der Waals surface area contributed by atoms with Crippen LogP contribution in [0.4, 0.5) is 10.3 Å². The smallest absolute Gasteiger partial charge is 0.227 e. The topological polar surface area (TPSA) is 43.2 Å². The van der Waals surface area contributed by atoms with E-state index < -0.39 is 0 Å². The Balaban J connectivity index is 1.84. The lowest BCUT2D eigenvalue weighted by molar-refractivity contribution is 0.102. The van der Waals surface area contributed by atoms with Crippen molar-refractivity contribution in [2.24, 2.45) is 0 Å². The number of hydrogen-bond acceptors (Lipinski definition) is 4. The first kappa shape index (κ1) is 16.2. The Morgan fingerprint density at radius 1 is 1.43 bits per heavy atom. The molecule has 7 heteroatoms. The molecule has 1 fully saturated rings. The molecule has 0 unspecified atom stereocenters. The number of anilines is 1. The predicted molar refractivity (Wildman–Crippen MR) is 87.1 cm³/mol. The largest absolute Gasteiger partial charge is 0.370 e. The Hall–Kier alpha value is -1.66. The fraction of sp³-hybridized carbons (Fsp3) is 0.500. The molecular formula is C16H20ClFN4O. The maximum Gasteiger partial charge on any atom is 0.227 e. The molecule has 1 aromatic carbocycles. The third-order valence-corrected chi connectivity index (χ3v) is 4.29. The highest BCUT2D eigenvalue weighted by Gasteiger charge is 2.26. The number of nitrogens with zero attached hydrogens (tertiary/aromatic N) is 4. The number of halogens is 2. The Bertz CT molecular complexity index is 685. The van der Waals surface area contributed by atoms with Crippen molar-refractivity contribution in [3.05, 3.63) is 40.4 Å². The first-order chi connectivity index (χ1) is 11.1. The molecule has 0 N–H and O–H groups in total. The SMILES string of the molecule is CCn1c([C@@H]2CCCO2)nnc1N(C)Cc1cc(Cl)ccc1F. The van der Waals surface area contributed by atoms with Crippen molar-refractivity contribution in [2.45, 2.75) is 39.0 Å². The summed E-state index contributed by atoms with van der Waals surface area (Å²) in [6.07, 6.45) is 2.01. The standard InChI is InChI=1S/C16H20ClFN4O/c1-3-22-15(14-5-4-8-23-14)19-20-16(22)21(2)10-11-9-12(17)6-7-13(11)18/h6-7,9,14H,3-5,8,10H2,1-2H3/t14-/m0/s1. The summed E-state index contributed by atoms with van der Waals surface area (Å²) in [5.41, 5.74) is 0.532. The van der Waals surface area contributed by atoms with E-state index in [9.17, 15) is 4.39 Å². The highest BCUT2D eigenvalue weighted by atomic mass is 35.5. The summed E-state index contributed by atoms with van der Waals surface area (Å²) < 4.78 is 21.7. The molecule has 0 spiro atoms. The van der Waals surface area contributed by atoms with Gasteiger partial charge in [-0.05, 0) is 38.0 Å². The van der Waals surface area contributed by atoms with E-state index in [-0.39, 0.29) is 11.9 Å². The van der Waals surface area contributed by atoms with Gasteiger partial charge in [-0.25, -0.2) is 4.39 Å². The molecular weight excluding hydrogens is 319 g/mol. The summed E-state index contributed by atoms with van der Waals surface area (Å²) >= 11 is 5.96. The van der Waals surface area contributed by atoms with Crippen LogP contribution >= 0.6 is 11.6 Å². The van der Waals surface area contributed by atoms with Gasteiger partial charge in [0.05, 0.1) is 0 Å². The normalized spacial score (nSPS) is 17.7. The second-order valence-electron chi connectivity index (χ2n) is 5.70. The zero-order valence-electron chi connectivity index (χ0n) is 13.3. The van der Waals surface area contributed by atoms with Crippen molar-refractivity contribution in [1.29, 1.82) is 0 Å². The third kappa shape index (κ3) is 3.33. The van der Waals surface area contributed by atoms with Crippen LogP contribution in [0.25, 0.3) is 0 Å². The Morgan fingerprint density at radius 2 is 2.26 bits per heavy atom. The van der Waals surface area contributed by atoms with Crippen molar-refractivity contribution in [3.63, 3.8) is 0 Å². The molecule has 5 nitrogen and oxygen atoms in total. The number of hydrogen-bond donors (Lipinski definition) is 0. The maximum absolute atomic E-state index is 13.9. The van der Waals surface area contributed by atoms with Crippen LogP contribution in [0.2, 0.25) is 5.02 Å². The fourth-order valence-corrected chi connectivity index (χ4v) is 3.10. The molecule has 0 aliphatic carbocycles. The lowest BCUT2D eigenvalue weighted by Crippen LogP contribution is -2.22. The van der Waals surface area contributed by atoms with Crippen LogP contribution in [0.1, 0.15) is 37.3 Å². The molecule has 124 valence electrons. The minimum atomic E-state index is -0.275. The Kier molecular flexibility index (Phi) is 4.82. The van der Waals surface area contributed by atoms with Crippen molar-refractivity contribution in [1.82, 2.24) is 14.8 Å². The van der Waals surface area contributed by atoms with Gasteiger partial charge in [-0.15, -0.1) is 10.2 Å². The molecule has 2 heterocycles. The van der Waals surface area contributed by atoms with Gasteiger partial charge in [0.1, 0.15) is 11.9 Å². The molecule has 1 aromatic heterocycles. The zero-order chi connectivity index (χ0) is 16.4. The van der Waals surface area contributed by atoms with Gasteiger partial charge in [0.15, 0.2) is 5.82 Å². The summed E-state index contributed by atoms with van der Waals surface area (Å²) in [6.45, 7) is 3.91. The Morgan fingerprint density at radius 3 is 2.96 bits per heavy atom. The number of aromatic nitrogens is 3. The molecule has 0 amide bonds. The maximum atomic E-state index is 13.9. The number of rotatable bonds is 5. The average Bonchev–Trinajstić information content (AvgIpc) is 3.18. The van der Waals surface area contributed by atoms with E-state index in [2.05, 4.69) is 10.2 Å². The van der Waals surface area contributed by atoms with Gasteiger partial charge in [-0.1, -0.05) is 11.6 Å². The third-order valence-electron chi connectivity index (χ3n) is 4.05. The molecule has 0 radical (unpaired) electrons. The fourth-order valence-electron chi connectivity index (χ4n) is 2.90. The molecule has 1 aliphatic rings. The zero-order valence-corrected chi connectivity index (χ0v) is 14.1. The van der Waals surface area contributed by atoms with Crippen LogP contribution < -0.4 is 4.90 Å². The van der Waals surface area contributed by atoms with Crippen molar-refractivity contribution in [3.8, 4) is 0 Å². The van der Waals surface area contributed by atoms with Crippen LogP contribution in [0.5, 0.6) is 0 Å². The van der Waals surface area contributed by atoms with Gasteiger partial charge >= 0.3 is 0 Å². The summed E-state index contributed by atoms with van der Waals surface area (Å²) in [7, 11) is 1.87. The van der Waals surface area contributed by atoms with E-state index in [0.717, 1.165) is 31.8 Å². The number of ether oxygens (including phenoxy) is 1. The highest BCUT2D eigenvalue weighted by molar-refractivity contribution is 6.30. The van der Waals surface area contributed by atoms with E-state index >= 15 is 0 Å². The van der Waals surface area contributed by atoms with Gasteiger partial charge in [-0.3, -0.25) is 4.57 Å². The van der Waals surface area contributed by atoms with Crippen LogP contribution in [0.3, 0.4) is 0 Å². The van der Waals surface area contributed by atoms with Gasteiger partial charge in [-0.2, -0.15) is 0 Å². The van der Waals surface area contributed by atoms with E-state index in [0.29, 0.717) is 23.1 Å². The quantitative estimate of drug-likeness (QED) is 0.835. The van der Waals surface area contributed by atoms with E-state index in [1.54, 1.807) is 12.1 Å². The van der Waals surface area contributed by atoms with Crippen molar-refractivity contribution >= 4 is 17.5 Å². The number of benzene rings is 1. The molecule has 3 rings (SSSR count). The van der Waals surface area contributed by atoms with Crippen molar-refractivity contribution in [2.75, 3.05) is 18.6 Å². The molecule has 1 aliphatic heterocycles. The minimum Gasteiger partial charge on any atom is -0.370 e. The van der Waals surface area contributed by atoms with E-state index in [1.165, 1.54) is 6.07 Å². The molecule has 1 atom stereocenters. The minimum absolute atomic E-state index is 0.00695. The molecule has 2 aromatic rings. The van der Waals surface area contributed by atoms with Gasteiger partial charge < -0.3 is 9.64 Å². The predicted octanol–water partition coefficient (Wildman–Crippen LogP) is 3.58. The first-order valence-corrected chi connectivity index (χ1v) is 8.17. The van der Waals surface area contributed by atoms with E-state index in [1.807, 2.05) is 23.4 Å². The second-order valence-corrected chi connectivity index (χ2v) is 6.13. The van der Waals surface area contributed by atoms with Gasteiger partial charge in [0, 0.05) is 37.3 Å². The van der Waals surface area contributed by atoms with Crippen molar-refractivity contribution < 1.29 is 9.13 Å². The van der Waals surface area contributed by atoms with Crippen LogP contribution in [0.15, 0.2) is 18.2 Å². The summed E-state index contributed by atoms with van der Waals surface area (Å²) in [6, 6.07) is 4.57. The molecule has 1 saturated heterocycles. The summed E-state index contributed by atoms with van der Waals surface area (Å²) in [5, 5.41) is 9.10. The second kappa shape index (κ2) is 6.84. The monoisotopic (exact) mass is 338 g/mol. The summed E-state index contributed by atoms with van der Waals surface area (Å²) in [4.78, 5) is 1.88. The molecule has 23 heavy (non-hydrogen) atoms. The molecule has 0 saturated carbocycles. The van der Waals surface area contributed by atoms with E-state index in [4.69, 9.17) is 16.3 Å². The van der Waals surface area contributed by atoms with Gasteiger partial charge in [0.2, 0.25) is 5.95 Å². The van der Waals surface area contributed by atoms with Crippen LogP contribution in [-0.2, 0) is 17.8 Å². The molecule has 0 bridgehead atoms. The lowest BCUT2D eigenvalue weighted by Gasteiger charge is -2.20. The first-order valence-electron chi connectivity index (χ1n) is 7.80. The van der Waals surface area contributed by atoms with Crippen LogP contribution in [-0.4, -0.2) is 28.4 Å². The average molecular weight is 339 g/mol.